The number of hydrogen-bond acceptors (Lipinski definition) is 8. The van der Waals surface area contributed by atoms with Gasteiger partial charge in [-0.1, -0.05) is 69.3 Å². The van der Waals surface area contributed by atoms with Gasteiger partial charge in [0.1, 0.15) is 0 Å². The van der Waals surface area contributed by atoms with Crippen LogP contribution in [0.4, 0.5) is 35.1 Å². The molecule has 0 unspecified atom stereocenters. The van der Waals surface area contributed by atoms with E-state index in [1.54, 1.807) is 77.2 Å². The average molecular weight is 1210 g/mol. The number of rotatable bonds is 23. The molecule has 0 aliphatic heterocycles. The third-order valence-electron chi connectivity index (χ3n) is 17.0. The molecule has 0 aromatic heterocycles. The molecule has 85 heavy (non-hydrogen) atoms. The molecule has 476 valence electrons. The topological polar surface area (TPSA) is 73.8 Å². The van der Waals surface area contributed by atoms with Crippen molar-refractivity contribution in [2.45, 2.75) is 204 Å². The fourth-order valence-electron chi connectivity index (χ4n) is 12.0. The van der Waals surface area contributed by atoms with E-state index in [-0.39, 0.29) is 53.8 Å². The van der Waals surface area contributed by atoms with Crippen LogP contribution in [0.15, 0.2) is 60.9 Å². The van der Waals surface area contributed by atoms with Crippen molar-refractivity contribution in [3.63, 3.8) is 0 Å². The monoisotopic (exact) mass is 1200 g/mol. The first-order chi connectivity index (χ1) is 41.0. The number of halogens is 8. The maximum Gasteiger partial charge on any atom is 0.200 e. The molecule has 8 rings (SSSR count). The van der Waals surface area contributed by atoms with Gasteiger partial charge in [-0.2, -0.15) is 4.39 Å². The molecule has 0 radical (unpaired) electrons. The molecule has 0 amide bonds. The van der Waals surface area contributed by atoms with Gasteiger partial charge in [0.15, 0.2) is 46.5 Å². The molecule has 4 aromatic rings. The highest BCUT2D eigenvalue weighted by Crippen LogP contribution is 2.41. The van der Waals surface area contributed by atoms with Crippen molar-refractivity contribution >= 4 is 0 Å². The molecule has 4 fully saturated rings. The predicted molar refractivity (Wildman–Crippen MR) is 319 cm³/mol. The Kier molecular flexibility index (Phi) is 31.8. The highest BCUT2D eigenvalue weighted by molar-refractivity contribution is 5.34. The summed E-state index contributed by atoms with van der Waals surface area (Å²) in [5, 5.41) is 0. The second kappa shape index (κ2) is 38.0. The normalized spacial score (nSPS) is 22.4. The molecule has 4 saturated carbocycles. The number of methoxy groups -OCH3 is 5. The molecule has 0 heterocycles. The van der Waals surface area contributed by atoms with Crippen molar-refractivity contribution in [3.05, 3.63) is 146 Å². The van der Waals surface area contributed by atoms with E-state index in [2.05, 4.69) is 20.8 Å². The molecule has 16 heteroatoms. The van der Waals surface area contributed by atoms with E-state index in [9.17, 15) is 35.1 Å². The maximum atomic E-state index is 14.3. The number of ether oxygens (including phenoxy) is 8. The average Bonchev–Trinajstić information content (AvgIpc) is 3.55. The second-order valence-corrected chi connectivity index (χ2v) is 23.4. The molecule has 0 spiro atoms. The molecule has 4 aromatic carbocycles. The fraction of sp³-hybridized carbons (Fsp3) is 0.623. The lowest BCUT2D eigenvalue weighted by molar-refractivity contribution is 0.0102. The van der Waals surface area contributed by atoms with Gasteiger partial charge in [0.05, 0.1) is 57.6 Å². The minimum atomic E-state index is -0.881. The van der Waals surface area contributed by atoms with Crippen molar-refractivity contribution in [2.75, 3.05) is 68.6 Å². The molecule has 0 N–H and O–H groups in total. The summed E-state index contributed by atoms with van der Waals surface area (Å²) in [5.41, 5.74) is 3.17. The Morgan fingerprint density at radius 2 is 0.753 bits per heavy atom. The zero-order valence-corrected chi connectivity index (χ0v) is 51.9. The van der Waals surface area contributed by atoms with Crippen molar-refractivity contribution in [1.82, 2.24) is 0 Å². The Bertz CT molecular complexity index is 2580. The van der Waals surface area contributed by atoms with Crippen LogP contribution in [0, 0.1) is 52.5 Å². The van der Waals surface area contributed by atoms with Crippen molar-refractivity contribution in [3.8, 4) is 5.75 Å². The van der Waals surface area contributed by atoms with Gasteiger partial charge in [0.2, 0.25) is 5.82 Å². The first kappa shape index (κ1) is 71.2. The number of hydrogen-bond donors (Lipinski definition) is 0. The van der Waals surface area contributed by atoms with Crippen molar-refractivity contribution in [1.29, 1.82) is 0 Å². The summed E-state index contributed by atoms with van der Waals surface area (Å²) in [4.78, 5) is 0. The molecular weight excluding hydrogens is 1110 g/mol. The van der Waals surface area contributed by atoms with Crippen LogP contribution in [0.5, 0.6) is 5.75 Å². The van der Waals surface area contributed by atoms with E-state index in [1.807, 2.05) is 13.0 Å². The molecule has 0 saturated heterocycles. The van der Waals surface area contributed by atoms with Crippen molar-refractivity contribution in [2.24, 2.45) is 5.92 Å². The minimum absolute atomic E-state index is 0.0368. The van der Waals surface area contributed by atoms with Gasteiger partial charge in [-0.25, -0.2) is 30.7 Å². The predicted octanol–water partition coefficient (Wildman–Crippen LogP) is 17.8. The highest BCUT2D eigenvalue weighted by Gasteiger charge is 2.31. The molecule has 4 aliphatic carbocycles. The van der Waals surface area contributed by atoms with E-state index in [1.165, 1.54) is 13.2 Å². The molecule has 0 bridgehead atoms. The van der Waals surface area contributed by atoms with Gasteiger partial charge in [-0.3, -0.25) is 0 Å². The lowest BCUT2D eigenvalue weighted by Gasteiger charge is -2.29. The largest absolute Gasteiger partial charge is 0.498 e. The van der Waals surface area contributed by atoms with Crippen LogP contribution in [0.1, 0.15) is 199 Å². The summed E-state index contributed by atoms with van der Waals surface area (Å²) in [6.45, 7) is 11.0. The van der Waals surface area contributed by atoms with Crippen LogP contribution in [-0.4, -0.2) is 93.0 Å². The summed E-state index contributed by atoms with van der Waals surface area (Å²) < 4.78 is 155. The fourth-order valence-corrected chi connectivity index (χ4v) is 12.0. The van der Waals surface area contributed by atoms with Crippen LogP contribution in [0.3, 0.4) is 0 Å². The first-order valence-electron chi connectivity index (χ1n) is 30.9. The Morgan fingerprint density at radius 3 is 1.08 bits per heavy atom. The van der Waals surface area contributed by atoms with E-state index in [0.717, 1.165) is 122 Å². The van der Waals surface area contributed by atoms with Gasteiger partial charge < -0.3 is 37.9 Å². The Balaban J connectivity index is 0.000000207. The number of allylic oxidation sites excluding steroid dienone is 1. The van der Waals surface area contributed by atoms with E-state index in [0.29, 0.717) is 83.9 Å². The summed E-state index contributed by atoms with van der Waals surface area (Å²) >= 11 is 0. The first-order valence-corrected chi connectivity index (χ1v) is 30.9. The molecular formula is C69H96F8O8. The zero-order valence-electron chi connectivity index (χ0n) is 51.9. The van der Waals surface area contributed by atoms with Crippen LogP contribution in [0.2, 0.25) is 0 Å². The summed E-state index contributed by atoms with van der Waals surface area (Å²) in [6.07, 6.45) is 20.8. The summed E-state index contributed by atoms with van der Waals surface area (Å²) in [7, 11) is 7.71. The molecule has 8 nitrogen and oxygen atoms in total. The summed E-state index contributed by atoms with van der Waals surface area (Å²) in [6, 6.07) is 13.5. The maximum absolute atomic E-state index is 14.3. The van der Waals surface area contributed by atoms with E-state index in [4.69, 9.17) is 37.9 Å². The molecule has 0 atom stereocenters. The standard InChI is InChI=1S/C18H26F2O2.C18H24F2O2.C17H24F2O2.C16H22F2O2/c2*1-3-11-22-15-7-4-13(5-8-15)16-9-6-14(10-12-21-2)17(19)18(16)20;1-11(2)10-21-13-6-4-12(5-7-13)14-8-9-15(20-3)17(19)16(14)18;1-19-10-9-12-5-8-14(16(18)15(12)17)11-3-6-13(20-2)7-4-11/h6,9,13,15H,3-5,7-8,10-12H2,1-2H3;3,6,9,11,13,15H,4-5,7-8,10,12H2,1-2H3;8-9,11-13H,4-7,10H2,1-3H3;5,8,11,13H,3-4,6-7,9-10H2,1-2H3/b;11-3+;;. The van der Waals surface area contributed by atoms with Gasteiger partial charge in [0.25, 0.3) is 0 Å². The van der Waals surface area contributed by atoms with Crippen LogP contribution in [0.25, 0.3) is 0 Å². The highest BCUT2D eigenvalue weighted by atomic mass is 19.2. The smallest absolute Gasteiger partial charge is 0.200 e. The van der Waals surface area contributed by atoms with E-state index < -0.39 is 46.5 Å². The van der Waals surface area contributed by atoms with Gasteiger partial charge >= 0.3 is 0 Å². The Labute approximate surface area is 502 Å². The van der Waals surface area contributed by atoms with Gasteiger partial charge in [-0.15, -0.1) is 0 Å². The third kappa shape index (κ3) is 21.6. The Hall–Kier alpha value is -4.58. The van der Waals surface area contributed by atoms with Gasteiger partial charge in [-0.05, 0) is 210 Å². The van der Waals surface area contributed by atoms with Crippen LogP contribution in [-0.2, 0) is 52.4 Å². The molecule has 4 aliphatic rings. The second-order valence-electron chi connectivity index (χ2n) is 23.4. The minimum Gasteiger partial charge on any atom is -0.498 e. The van der Waals surface area contributed by atoms with Gasteiger partial charge in [0, 0.05) is 41.7 Å². The summed E-state index contributed by atoms with van der Waals surface area (Å²) in [5.74, 6) is -4.98. The lowest BCUT2D eigenvalue weighted by Crippen LogP contribution is -2.23. The van der Waals surface area contributed by atoms with Crippen LogP contribution < -0.4 is 4.74 Å². The Morgan fingerprint density at radius 1 is 0.412 bits per heavy atom. The van der Waals surface area contributed by atoms with Crippen LogP contribution >= 0.6 is 0 Å². The SMILES string of the molecule is C/C=C/OC1CCC(c2ccc(CCOC)c(F)c2F)CC1.CCCOC1CCC(c2ccc(CCOC)c(F)c2F)CC1.COCCc1ccc(C2CCC(OC)CC2)c(F)c1F.COc1ccc(C2CCC(OCC(C)C)CC2)c(F)c1F. The lowest BCUT2D eigenvalue weighted by atomic mass is 9.82. The van der Waals surface area contributed by atoms with Crippen molar-refractivity contribution < 1.29 is 73.0 Å². The zero-order chi connectivity index (χ0) is 61.8. The quantitative estimate of drug-likeness (QED) is 0.0537. The van der Waals surface area contributed by atoms with E-state index >= 15 is 0 Å². The number of benzene rings is 4. The third-order valence-corrected chi connectivity index (χ3v) is 17.0.